The molecule has 1 unspecified atom stereocenters. The highest BCUT2D eigenvalue weighted by Crippen LogP contribution is 2.59. The molecule has 0 saturated heterocycles. The normalized spacial score (nSPS) is 52.8. The van der Waals surface area contributed by atoms with Crippen molar-refractivity contribution in [3.63, 3.8) is 0 Å². The van der Waals surface area contributed by atoms with Crippen LogP contribution in [0.2, 0.25) is 0 Å². The molecule has 0 heterocycles. The maximum absolute atomic E-state index is 5.84. The molecule has 0 spiro atoms. The summed E-state index contributed by atoms with van der Waals surface area (Å²) in [7, 11) is 0. The molecule has 1 heteroatoms. The van der Waals surface area contributed by atoms with Crippen LogP contribution in [0.4, 0.5) is 0 Å². The highest BCUT2D eigenvalue weighted by atomic mass is 16.5. The molecule has 13 heavy (non-hydrogen) atoms. The summed E-state index contributed by atoms with van der Waals surface area (Å²) in [5, 5.41) is 0. The summed E-state index contributed by atoms with van der Waals surface area (Å²) in [6.07, 6.45) is 8.08. The molecule has 0 N–H and O–H groups in total. The van der Waals surface area contributed by atoms with Gasteiger partial charge in [-0.2, -0.15) is 0 Å². The Morgan fingerprint density at radius 1 is 1.08 bits per heavy atom. The zero-order valence-electron chi connectivity index (χ0n) is 8.54. The summed E-state index contributed by atoms with van der Waals surface area (Å²) in [5.41, 5.74) is 0. The summed E-state index contributed by atoms with van der Waals surface area (Å²) < 4.78 is 5.84. The van der Waals surface area contributed by atoms with Gasteiger partial charge in [0, 0.05) is 6.61 Å². The summed E-state index contributed by atoms with van der Waals surface area (Å²) >= 11 is 0. The van der Waals surface area contributed by atoms with Crippen LogP contribution in [0.15, 0.2) is 0 Å². The first-order valence-corrected chi connectivity index (χ1v) is 6.01. The molecule has 74 valence electrons. The van der Waals surface area contributed by atoms with Crippen molar-refractivity contribution in [2.24, 2.45) is 23.7 Å². The van der Waals surface area contributed by atoms with Gasteiger partial charge in [-0.3, -0.25) is 0 Å². The Hall–Kier alpha value is -0.0400. The van der Waals surface area contributed by atoms with Gasteiger partial charge in [0.1, 0.15) is 0 Å². The standard InChI is InChI=1S/C12H20O/c1-2-13-12-7-8-6-11(12)10-5-3-4-9(8)10/h8-12H,2-7H2,1H3/t8-,9+,10+,11-,12?/m1/s1. The van der Waals surface area contributed by atoms with Crippen molar-refractivity contribution in [2.75, 3.05) is 6.61 Å². The molecule has 5 atom stereocenters. The van der Waals surface area contributed by atoms with Gasteiger partial charge in [0.25, 0.3) is 0 Å². The molecule has 0 aromatic rings. The van der Waals surface area contributed by atoms with E-state index in [1.54, 1.807) is 0 Å². The van der Waals surface area contributed by atoms with Crippen LogP contribution in [-0.4, -0.2) is 12.7 Å². The lowest BCUT2D eigenvalue weighted by Gasteiger charge is -2.31. The first-order chi connectivity index (χ1) is 6.40. The van der Waals surface area contributed by atoms with Gasteiger partial charge in [-0.25, -0.2) is 0 Å². The molecule has 1 nitrogen and oxygen atoms in total. The van der Waals surface area contributed by atoms with Gasteiger partial charge in [0.05, 0.1) is 6.10 Å². The van der Waals surface area contributed by atoms with E-state index in [9.17, 15) is 0 Å². The van der Waals surface area contributed by atoms with E-state index in [0.717, 1.165) is 30.3 Å². The van der Waals surface area contributed by atoms with E-state index < -0.39 is 0 Å². The predicted molar refractivity (Wildman–Crippen MR) is 52.5 cm³/mol. The van der Waals surface area contributed by atoms with Crippen LogP contribution >= 0.6 is 0 Å². The first-order valence-electron chi connectivity index (χ1n) is 6.01. The molecule has 0 aliphatic heterocycles. The fourth-order valence-corrected chi connectivity index (χ4v) is 4.41. The quantitative estimate of drug-likeness (QED) is 0.635. The lowest BCUT2D eigenvalue weighted by Crippen LogP contribution is -2.30. The monoisotopic (exact) mass is 180 g/mol. The second-order valence-electron chi connectivity index (χ2n) is 5.15. The molecule has 0 amide bonds. The van der Waals surface area contributed by atoms with Gasteiger partial charge in [-0.05, 0) is 56.3 Å². The zero-order valence-corrected chi connectivity index (χ0v) is 8.54. The molecule has 3 rings (SSSR count). The molecular weight excluding hydrogens is 160 g/mol. The average molecular weight is 180 g/mol. The second-order valence-corrected chi connectivity index (χ2v) is 5.15. The number of fused-ring (bicyclic) bond motifs is 5. The van der Waals surface area contributed by atoms with Crippen LogP contribution in [0.1, 0.15) is 39.0 Å². The summed E-state index contributed by atoms with van der Waals surface area (Å²) in [6.45, 7) is 3.06. The van der Waals surface area contributed by atoms with E-state index in [2.05, 4.69) is 6.92 Å². The van der Waals surface area contributed by atoms with Crippen LogP contribution < -0.4 is 0 Å². The van der Waals surface area contributed by atoms with Gasteiger partial charge in [-0.15, -0.1) is 0 Å². The van der Waals surface area contributed by atoms with Gasteiger partial charge in [-0.1, -0.05) is 6.42 Å². The Balaban J connectivity index is 1.74. The third-order valence-corrected chi connectivity index (χ3v) is 4.75. The van der Waals surface area contributed by atoms with Gasteiger partial charge < -0.3 is 4.74 Å². The minimum absolute atomic E-state index is 0.648. The SMILES string of the molecule is CCOC1C[C@H]2C[C@@H]1[C@H]1CCC[C@@H]21. The van der Waals surface area contributed by atoms with E-state index in [1.165, 1.54) is 32.1 Å². The Kier molecular flexibility index (Phi) is 1.90. The molecule has 3 saturated carbocycles. The van der Waals surface area contributed by atoms with Crippen LogP contribution in [0, 0.1) is 23.7 Å². The molecule has 0 aromatic heterocycles. The number of rotatable bonds is 2. The fourth-order valence-electron chi connectivity index (χ4n) is 4.41. The van der Waals surface area contributed by atoms with E-state index in [1.807, 2.05) is 0 Å². The predicted octanol–water partition coefficient (Wildman–Crippen LogP) is 2.85. The van der Waals surface area contributed by atoms with Crippen molar-refractivity contribution in [1.82, 2.24) is 0 Å². The highest BCUT2D eigenvalue weighted by Gasteiger charge is 2.53. The number of hydrogen-bond donors (Lipinski definition) is 0. The molecule has 2 bridgehead atoms. The van der Waals surface area contributed by atoms with E-state index >= 15 is 0 Å². The van der Waals surface area contributed by atoms with Crippen molar-refractivity contribution in [3.05, 3.63) is 0 Å². The minimum atomic E-state index is 0.648. The lowest BCUT2D eigenvalue weighted by atomic mass is 9.80. The molecule has 0 aromatic carbocycles. The molecular formula is C12H20O. The average Bonchev–Trinajstić information content (AvgIpc) is 2.72. The maximum atomic E-state index is 5.84. The molecule has 3 aliphatic rings. The third kappa shape index (κ3) is 1.09. The minimum Gasteiger partial charge on any atom is -0.378 e. The highest BCUT2D eigenvalue weighted by molar-refractivity contribution is 5.03. The van der Waals surface area contributed by atoms with Crippen LogP contribution in [0.5, 0.6) is 0 Å². The Morgan fingerprint density at radius 3 is 2.77 bits per heavy atom. The second kappa shape index (κ2) is 2.98. The van der Waals surface area contributed by atoms with Crippen molar-refractivity contribution in [2.45, 2.75) is 45.1 Å². The number of hydrogen-bond acceptors (Lipinski definition) is 1. The summed E-state index contributed by atoms with van der Waals surface area (Å²) in [6, 6.07) is 0. The van der Waals surface area contributed by atoms with E-state index in [-0.39, 0.29) is 0 Å². The molecule has 3 fully saturated rings. The lowest BCUT2D eigenvalue weighted by molar-refractivity contribution is -0.00383. The van der Waals surface area contributed by atoms with Gasteiger partial charge in [0.2, 0.25) is 0 Å². The summed E-state index contributed by atoms with van der Waals surface area (Å²) in [4.78, 5) is 0. The molecule has 0 radical (unpaired) electrons. The fraction of sp³-hybridized carbons (Fsp3) is 1.00. The zero-order chi connectivity index (χ0) is 8.84. The van der Waals surface area contributed by atoms with Crippen molar-refractivity contribution >= 4 is 0 Å². The number of ether oxygens (including phenoxy) is 1. The van der Waals surface area contributed by atoms with Crippen molar-refractivity contribution in [3.8, 4) is 0 Å². The van der Waals surface area contributed by atoms with Crippen LogP contribution in [-0.2, 0) is 4.74 Å². The molecule has 3 aliphatic carbocycles. The van der Waals surface area contributed by atoms with E-state index in [0.29, 0.717) is 6.10 Å². The van der Waals surface area contributed by atoms with Gasteiger partial charge in [0.15, 0.2) is 0 Å². The van der Waals surface area contributed by atoms with Crippen LogP contribution in [0.25, 0.3) is 0 Å². The van der Waals surface area contributed by atoms with E-state index in [4.69, 9.17) is 4.74 Å². The Morgan fingerprint density at radius 2 is 1.92 bits per heavy atom. The Bertz CT molecular complexity index is 201. The third-order valence-electron chi connectivity index (χ3n) is 4.75. The smallest absolute Gasteiger partial charge is 0.0608 e. The van der Waals surface area contributed by atoms with Crippen LogP contribution in [0.3, 0.4) is 0 Å². The Labute approximate surface area is 80.8 Å². The topological polar surface area (TPSA) is 9.23 Å². The largest absolute Gasteiger partial charge is 0.378 e. The maximum Gasteiger partial charge on any atom is 0.0608 e. The van der Waals surface area contributed by atoms with Crippen molar-refractivity contribution < 1.29 is 4.74 Å². The van der Waals surface area contributed by atoms with Crippen molar-refractivity contribution in [1.29, 1.82) is 0 Å². The summed E-state index contributed by atoms with van der Waals surface area (Å²) in [5.74, 6) is 4.18. The van der Waals surface area contributed by atoms with Gasteiger partial charge >= 0.3 is 0 Å². The first kappa shape index (κ1) is 8.28.